The second-order valence-corrected chi connectivity index (χ2v) is 7.42. The zero-order chi connectivity index (χ0) is 14.8. The summed E-state index contributed by atoms with van der Waals surface area (Å²) in [5.74, 6) is 1.28. The number of rotatable bonds is 6. The summed E-state index contributed by atoms with van der Waals surface area (Å²) in [6.07, 6.45) is 1.25. The second-order valence-electron chi connectivity index (χ2n) is 7.42. The van der Waals surface area contributed by atoms with Crippen molar-refractivity contribution in [2.75, 3.05) is 27.2 Å². The van der Waals surface area contributed by atoms with Crippen LogP contribution in [0, 0.1) is 11.8 Å². The largest absolute Gasteiger partial charge is 0.368 e. The van der Waals surface area contributed by atoms with Crippen molar-refractivity contribution < 1.29 is 4.74 Å². The maximum atomic E-state index is 6.30. The molecule has 0 saturated carbocycles. The van der Waals surface area contributed by atoms with Crippen molar-refractivity contribution in [1.82, 2.24) is 10.2 Å². The van der Waals surface area contributed by atoms with E-state index in [9.17, 15) is 0 Å². The predicted octanol–water partition coefficient (Wildman–Crippen LogP) is 2.76. The molecule has 1 heterocycles. The molecule has 19 heavy (non-hydrogen) atoms. The maximum Gasteiger partial charge on any atom is 0.0790 e. The van der Waals surface area contributed by atoms with Crippen LogP contribution in [-0.4, -0.2) is 49.3 Å². The first kappa shape index (κ1) is 16.9. The van der Waals surface area contributed by atoms with Gasteiger partial charge in [0.1, 0.15) is 0 Å². The molecule has 3 heteroatoms. The van der Waals surface area contributed by atoms with Crippen LogP contribution in [0.2, 0.25) is 0 Å². The molecule has 1 N–H and O–H groups in total. The third kappa shape index (κ3) is 3.93. The van der Waals surface area contributed by atoms with E-state index in [2.05, 4.69) is 65.9 Å². The Labute approximate surface area is 120 Å². The molecule has 3 nitrogen and oxygen atoms in total. The molecular weight excluding hydrogens is 236 g/mol. The van der Waals surface area contributed by atoms with Crippen molar-refractivity contribution in [3.8, 4) is 0 Å². The highest BCUT2D eigenvalue weighted by Gasteiger charge is 2.53. The number of likely N-dealkylation sites (N-methyl/N-ethyl adjacent to an activating group) is 1. The van der Waals surface area contributed by atoms with Gasteiger partial charge in [0.15, 0.2) is 0 Å². The third-order valence-corrected chi connectivity index (χ3v) is 4.71. The van der Waals surface area contributed by atoms with E-state index in [1.54, 1.807) is 0 Å². The summed E-state index contributed by atoms with van der Waals surface area (Å²) >= 11 is 0. The smallest absolute Gasteiger partial charge is 0.0790 e. The van der Waals surface area contributed by atoms with Gasteiger partial charge in [-0.3, -0.25) is 0 Å². The molecule has 3 atom stereocenters. The molecule has 114 valence electrons. The summed E-state index contributed by atoms with van der Waals surface area (Å²) in [6.45, 7) is 15.7. The van der Waals surface area contributed by atoms with Crippen molar-refractivity contribution in [3.05, 3.63) is 0 Å². The van der Waals surface area contributed by atoms with Gasteiger partial charge >= 0.3 is 0 Å². The molecule has 1 fully saturated rings. The molecular formula is C16H34N2O. The fourth-order valence-corrected chi connectivity index (χ4v) is 3.65. The van der Waals surface area contributed by atoms with E-state index in [-0.39, 0.29) is 11.2 Å². The van der Waals surface area contributed by atoms with E-state index in [4.69, 9.17) is 4.74 Å². The van der Waals surface area contributed by atoms with E-state index >= 15 is 0 Å². The van der Waals surface area contributed by atoms with Gasteiger partial charge in [-0.25, -0.2) is 0 Å². The first-order chi connectivity index (χ1) is 8.64. The average Bonchev–Trinajstić information content (AvgIpc) is 2.43. The highest BCUT2D eigenvalue weighted by molar-refractivity contribution is 5.05. The number of nitrogens with one attached hydrogen (secondary N) is 1. The van der Waals surface area contributed by atoms with Crippen molar-refractivity contribution in [1.29, 1.82) is 0 Å². The lowest BCUT2D eigenvalue weighted by molar-refractivity contribution is -0.0791. The van der Waals surface area contributed by atoms with Gasteiger partial charge in [0.2, 0.25) is 0 Å². The number of nitrogens with zero attached hydrogens (tertiary/aromatic N) is 1. The van der Waals surface area contributed by atoms with E-state index < -0.39 is 0 Å². The van der Waals surface area contributed by atoms with Gasteiger partial charge in [-0.2, -0.15) is 0 Å². The van der Waals surface area contributed by atoms with Gasteiger partial charge < -0.3 is 15.0 Å². The topological polar surface area (TPSA) is 24.5 Å². The van der Waals surface area contributed by atoms with E-state index in [1.165, 1.54) is 13.0 Å². The van der Waals surface area contributed by atoms with Gasteiger partial charge in [-0.05, 0) is 47.7 Å². The molecule has 0 aromatic heterocycles. The van der Waals surface area contributed by atoms with Crippen molar-refractivity contribution in [2.24, 2.45) is 11.8 Å². The highest BCUT2D eigenvalue weighted by atomic mass is 16.5. The van der Waals surface area contributed by atoms with Crippen LogP contribution in [0.5, 0.6) is 0 Å². The van der Waals surface area contributed by atoms with E-state index in [1.807, 2.05) is 0 Å². The first-order valence-electron chi connectivity index (χ1n) is 7.70. The van der Waals surface area contributed by atoms with Gasteiger partial charge in [-0.1, -0.05) is 20.3 Å². The Bertz CT molecular complexity index is 288. The fraction of sp³-hybridized carbons (Fsp3) is 1.00. The summed E-state index contributed by atoms with van der Waals surface area (Å²) in [5.41, 5.74) is -0.166. The lowest BCUT2D eigenvalue weighted by Gasteiger charge is -2.33. The maximum absolute atomic E-state index is 6.30. The molecule has 0 amide bonds. The minimum Gasteiger partial charge on any atom is -0.368 e. The molecule has 0 aliphatic carbocycles. The first-order valence-corrected chi connectivity index (χ1v) is 7.70. The van der Waals surface area contributed by atoms with Crippen LogP contribution in [0.15, 0.2) is 0 Å². The molecule has 1 aliphatic rings. The Hall–Kier alpha value is -0.120. The van der Waals surface area contributed by atoms with Crippen LogP contribution in [-0.2, 0) is 4.74 Å². The molecule has 1 aliphatic heterocycles. The van der Waals surface area contributed by atoms with Crippen LogP contribution in [0.1, 0.15) is 48.0 Å². The molecule has 0 spiro atoms. The lowest BCUT2D eigenvalue weighted by atomic mass is 9.82. The Morgan fingerprint density at radius 3 is 2.26 bits per heavy atom. The Kier molecular flexibility index (Phi) is 5.44. The Morgan fingerprint density at radius 2 is 1.79 bits per heavy atom. The SMILES string of the molecule is CCC(C)CN(C)CC1C(NC)C(C)(C)OC1(C)C. The van der Waals surface area contributed by atoms with E-state index in [0.717, 1.165) is 12.5 Å². The van der Waals surface area contributed by atoms with Crippen LogP contribution >= 0.6 is 0 Å². The average molecular weight is 270 g/mol. The van der Waals surface area contributed by atoms with Crippen LogP contribution < -0.4 is 5.32 Å². The highest BCUT2D eigenvalue weighted by Crippen LogP contribution is 2.42. The molecule has 0 aromatic carbocycles. The Morgan fingerprint density at radius 1 is 1.21 bits per heavy atom. The summed E-state index contributed by atoms with van der Waals surface area (Å²) in [6, 6.07) is 0.405. The molecule has 1 saturated heterocycles. The van der Waals surface area contributed by atoms with Gasteiger partial charge in [0.25, 0.3) is 0 Å². The normalized spacial score (nSPS) is 30.8. The summed E-state index contributed by atoms with van der Waals surface area (Å²) in [4.78, 5) is 2.47. The fourth-order valence-electron chi connectivity index (χ4n) is 3.65. The van der Waals surface area contributed by atoms with E-state index in [0.29, 0.717) is 12.0 Å². The number of hydrogen-bond acceptors (Lipinski definition) is 3. The van der Waals surface area contributed by atoms with Gasteiger partial charge in [0, 0.05) is 25.0 Å². The molecule has 1 rings (SSSR count). The molecule has 0 bridgehead atoms. The third-order valence-electron chi connectivity index (χ3n) is 4.71. The number of hydrogen-bond donors (Lipinski definition) is 1. The quantitative estimate of drug-likeness (QED) is 0.803. The van der Waals surface area contributed by atoms with Gasteiger partial charge in [-0.15, -0.1) is 0 Å². The minimum absolute atomic E-state index is 0.0686. The minimum atomic E-state index is -0.0971. The van der Waals surface area contributed by atoms with Crippen LogP contribution in [0.25, 0.3) is 0 Å². The van der Waals surface area contributed by atoms with Gasteiger partial charge in [0.05, 0.1) is 11.2 Å². The van der Waals surface area contributed by atoms with Crippen molar-refractivity contribution in [3.63, 3.8) is 0 Å². The molecule has 0 radical (unpaired) electrons. The summed E-state index contributed by atoms with van der Waals surface area (Å²) < 4.78 is 6.30. The summed E-state index contributed by atoms with van der Waals surface area (Å²) in [5, 5.41) is 3.48. The van der Waals surface area contributed by atoms with Crippen LogP contribution in [0.4, 0.5) is 0 Å². The zero-order valence-electron chi connectivity index (χ0n) is 14.2. The van der Waals surface area contributed by atoms with Crippen molar-refractivity contribution in [2.45, 2.75) is 65.2 Å². The standard InChI is InChI=1S/C16H34N2O/c1-9-12(2)10-18(8)11-13-14(17-7)16(5,6)19-15(13,3)4/h12-14,17H,9-11H2,1-8H3. The van der Waals surface area contributed by atoms with Crippen LogP contribution in [0.3, 0.4) is 0 Å². The number of ether oxygens (including phenoxy) is 1. The lowest BCUT2D eigenvalue weighted by Crippen LogP contribution is -2.49. The monoisotopic (exact) mass is 270 g/mol. The molecule has 3 unspecified atom stereocenters. The molecule has 0 aromatic rings. The second kappa shape index (κ2) is 6.11. The zero-order valence-corrected chi connectivity index (χ0v) is 14.2. The predicted molar refractivity (Wildman–Crippen MR) is 82.5 cm³/mol. The Balaban J connectivity index is 2.74. The van der Waals surface area contributed by atoms with Crippen molar-refractivity contribution >= 4 is 0 Å². The summed E-state index contributed by atoms with van der Waals surface area (Å²) in [7, 11) is 4.29.